The first kappa shape index (κ1) is 14.0. The van der Waals surface area contributed by atoms with Gasteiger partial charge in [0.2, 0.25) is 0 Å². The molecule has 0 amide bonds. The number of pyridine rings is 1. The minimum atomic E-state index is -3.59. The number of halogens is 1. The zero-order valence-electron chi connectivity index (χ0n) is 10.5. The second kappa shape index (κ2) is 5.30. The number of sulfonamides is 1. The van der Waals surface area contributed by atoms with Crippen LogP contribution in [0, 0.1) is 13.8 Å². The van der Waals surface area contributed by atoms with Crippen molar-refractivity contribution < 1.29 is 8.42 Å². The standard InChI is InChI=1S/C13H13BrN2O2S/c1-9-3-5-11(6-4-9)19(17,18)16-13-7-10(2)12(14)8-15-13/h3-8H,1-2H3,(H,15,16). The van der Waals surface area contributed by atoms with E-state index in [1.54, 1.807) is 36.5 Å². The van der Waals surface area contributed by atoms with E-state index in [9.17, 15) is 8.42 Å². The number of hydrogen-bond acceptors (Lipinski definition) is 3. The molecular formula is C13H13BrN2O2S. The summed E-state index contributed by atoms with van der Waals surface area (Å²) < 4.78 is 27.6. The molecule has 0 aliphatic heterocycles. The number of aryl methyl sites for hydroxylation is 2. The van der Waals surface area contributed by atoms with Gasteiger partial charge in [0, 0.05) is 10.7 Å². The van der Waals surface area contributed by atoms with Gasteiger partial charge in [0.25, 0.3) is 10.0 Å². The molecule has 100 valence electrons. The molecule has 0 spiro atoms. The Morgan fingerprint density at radius 2 is 1.79 bits per heavy atom. The number of anilines is 1. The average Bonchev–Trinajstić information content (AvgIpc) is 2.34. The van der Waals surface area contributed by atoms with Crippen LogP contribution >= 0.6 is 15.9 Å². The first-order chi connectivity index (χ1) is 8.88. The summed E-state index contributed by atoms with van der Waals surface area (Å²) in [6.07, 6.45) is 1.57. The van der Waals surface area contributed by atoms with Gasteiger partial charge >= 0.3 is 0 Å². The average molecular weight is 341 g/mol. The Hall–Kier alpha value is -1.40. The van der Waals surface area contributed by atoms with Crippen LogP contribution in [0.2, 0.25) is 0 Å². The summed E-state index contributed by atoms with van der Waals surface area (Å²) in [5.74, 6) is 0.307. The number of aromatic nitrogens is 1. The van der Waals surface area contributed by atoms with Gasteiger partial charge in [0.15, 0.2) is 0 Å². The molecule has 0 radical (unpaired) electrons. The fraction of sp³-hybridized carbons (Fsp3) is 0.154. The SMILES string of the molecule is Cc1ccc(S(=O)(=O)Nc2cc(C)c(Br)cn2)cc1. The summed E-state index contributed by atoms with van der Waals surface area (Å²) >= 11 is 3.32. The maximum atomic E-state index is 12.1. The molecule has 1 heterocycles. The third-order valence-electron chi connectivity index (χ3n) is 2.62. The minimum absolute atomic E-state index is 0.223. The highest BCUT2D eigenvalue weighted by molar-refractivity contribution is 9.10. The van der Waals surface area contributed by atoms with Crippen LogP contribution in [0.5, 0.6) is 0 Å². The van der Waals surface area contributed by atoms with Crippen molar-refractivity contribution in [2.45, 2.75) is 18.7 Å². The summed E-state index contributed by atoms with van der Waals surface area (Å²) in [7, 11) is -3.59. The van der Waals surface area contributed by atoms with Crippen LogP contribution in [0.1, 0.15) is 11.1 Å². The fourth-order valence-corrected chi connectivity index (χ4v) is 2.73. The fourth-order valence-electron chi connectivity index (χ4n) is 1.51. The molecule has 0 atom stereocenters. The Balaban J connectivity index is 2.30. The molecule has 1 aromatic carbocycles. The van der Waals surface area contributed by atoms with E-state index in [0.29, 0.717) is 5.82 Å². The third-order valence-corrected chi connectivity index (χ3v) is 4.82. The van der Waals surface area contributed by atoms with Crippen molar-refractivity contribution in [3.63, 3.8) is 0 Å². The lowest BCUT2D eigenvalue weighted by molar-refractivity contribution is 0.601. The summed E-state index contributed by atoms with van der Waals surface area (Å²) in [5, 5.41) is 0. The van der Waals surface area contributed by atoms with Crippen LogP contribution in [-0.4, -0.2) is 13.4 Å². The van der Waals surface area contributed by atoms with Gasteiger partial charge in [-0.05, 0) is 53.5 Å². The Bertz CT molecular complexity index is 697. The van der Waals surface area contributed by atoms with Gasteiger partial charge in [-0.1, -0.05) is 17.7 Å². The van der Waals surface area contributed by atoms with Gasteiger partial charge in [-0.15, -0.1) is 0 Å². The highest BCUT2D eigenvalue weighted by Crippen LogP contribution is 2.20. The monoisotopic (exact) mass is 340 g/mol. The number of rotatable bonds is 3. The minimum Gasteiger partial charge on any atom is -0.263 e. The largest absolute Gasteiger partial charge is 0.263 e. The van der Waals surface area contributed by atoms with Gasteiger partial charge < -0.3 is 0 Å². The second-order valence-corrected chi connectivity index (χ2v) is 6.77. The number of nitrogens with one attached hydrogen (secondary N) is 1. The molecule has 2 rings (SSSR count). The predicted octanol–water partition coefficient (Wildman–Crippen LogP) is 3.26. The van der Waals surface area contributed by atoms with Crippen LogP contribution in [0.3, 0.4) is 0 Å². The Morgan fingerprint density at radius 3 is 2.37 bits per heavy atom. The van der Waals surface area contributed by atoms with Gasteiger partial charge in [0.05, 0.1) is 4.90 Å². The second-order valence-electron chi connectivity index (χ2n) is 4.24. The van der Waals surface area contributed by atoms with Crippen molar-refractivity contribution in [3.8, 4) is 0 Å². The maximum Gasteiger partial charge on any atom is 0.263 e. The highest BCUT2D eigenvalue weighted by Gasteiger charge is 2.14. The molecule has 0 bridgehead atoms. The summed E-state index contributed by atoms with van der Waals surface area (Å²) in [4.78, 5) is 4.25. The Morgan fingerprint density at radius 1 is 1.16 bits per heavy atom. The molecule has 0 saturated carbocycles. The number of hydrogen-bond donors (Lipinski definition) is 1. The van der Waals surface area contributed by atoms with Crippen LogP contribution in [0.4, 0.5) is 5.82 Å². The first-order valence-corrected chi connectivity index (χ1v) is 7.88. The van der Waals surface area contributed by atoms with Crippen molar-refractivity contribution >= 4 is 31.8 Å². The van der Waals surface area contributed by atoms with Crippen LogP contribution in [0.25, 0.3) is 0 Å². The van der Waals surface area contributed by atoms with Crippen molar-refractivity contribution in [1.29, 1.82) is 0 Å². The van der Waals surface area contributed by atoms with E-state index in [-0.39, 0.29) is 4.90 Å². The molecule has 0 fully saturated rings. The Labute approximate surface area is 121 Å². The maximum absolute atomic E-state index is 12.1. The number of nitrogens with zero attached hydrogens (tertiary/aromatic N) is 1. The molecule has 0 saturated heterocycles. The molecule has 1 N–H and O–H groups in total. The molecule has 0 unspecified atom stereocenters. The van der Waals surface area contributed by atoms with Gasteiger partial charge in [-0.2, -0.15) is 0 Å². The molecule has 0 aliphatic carbocycles. The van der Waals surface area contributed by atoms with Crippen LogP contribution < -0.4 is 4.72 Å². The molecule has 6 heteroatoms. The lowest BCUT2D eigenvalue weighted by atomic mass is 10.2. The van der Waals surface area contributed by atoms with E-state index in [1.807, 2.05) is 13.8 Å². The van der Waals surface area contributed by atoms with Gasteiger partial charge in [-0.3, -0.25) is 4.72 Å². The first-order valence-electron chi connectivity index (χ1n) is 5.60. The number of benzene rings is 1. The smallest absolute Gasteiger partial charge is 0.263 e. The molecule has 2 aromatic rings. The molecule has 1 aromatic heterocycles. The van der Waals surface area contributed by atoms with E-state index < -0.39 is 10.0 Å². The lowest BCUT2D eigenvalue weighted by Gasteiger charge is -2.08. The van der Waals surface area contributed by atoms with Gasteiger partial charge in [-0.25, -0.2) is 13.4 Å². The normalized spacial score (nSPS) is 11.3. The zero-order chi connectivity index (χ0) is 14.0. The van der Waals surface area contributed by atoms with E-state index >= 15 is 0 Å². The van der Waals surface area contributed by atoms with E-state index in [2.05, 4.69) is 25.6 Å². The summed E-state index contributed by atoms with van der Waals surface area (Å²) in [5.41, 5.74) is 1.92. The van der Waals surface area contributed by atoms with E-state index in [0.717, 1.165) is 15.6 Å². The lowest BCUT2D eigenvalue weighted by Crippen LogP contribution is -2.14. The zero-order valence-corrected chi connectivity index (χ0v) is 12.9. The van der Waals surface area contributed by atoms with Crippen molar-refractivity contribution in [2.75, 3.05) is 4.72 Å². The molecular weight excluding hydrogens is 328 g/mol. The molecule has 0 aliphatic rings. The third kappa shape index (κ3) is 3.33. The molecule has 4 nitrogen and oxygen atoms in total. The summed E-state index contributed by atoms with van der Waals surface area (Å²) in [6.45, 7) is 3.78. The van der Waals surface area contributed by atoms with Crippen molar-refractivity contribution in [1.82, 2.24) is 4.98 Å². The van der Waals surface area contributed by atoms with Crippen LogP contribution in [0.15, 0.2) is 45.9 Å². The Kier molecular flexibility index (Phi) is 3.91. The van der Waals surface area contributed by atoms with Gasteiger partial charge in [0.1, 0.15) is 5.82 Å². The van der Waals surface area contributed by atoms with Crippen molar-refractivity contribution in [2.24, 2.45) is 0 Å². The summed E-state index contributed by atoms with van der Waals surface area (Å²) in [6, 6.07) is 8.34. The highest BCUT2D eigenvalue weighted by atomic mass is 79.9. The van der Waals surface area contributed by atoms with Crippen molar-refractivity contribution in [3.05, 3.63) is 52.1 Å². The van der Waals surface area contributed by atoms with Crippen LogP contribution in [-0.2, 0) is 10.0 Å². The van der Waals surface area contributed by atoms with E-state index in [1.165, 1.54) is 0 Å². The molecule has 19 heavy (non-hydrogen) atoms. The topological polar surface area (TPSA) is 59.1 Å². The van der Waals surface area contributed by atoms with E-state index in [4.69, 9.17) is 0 Å². The quantitative estimate of drug-likeness (QED) is 0.932. The predicted molar refractivity (Wildman–Crippen MR) is 78.7 cm³/mol.